The van der Waals surface area contributed by atoms with E-state index in [2.05, 4.69) is 17.6 Å². The number of rotatable bonds is 9. The van der Waals surface area contributed by atoms with Crippen LogP contribution < -0.4 is 20.1 Å². The van der Waals surface area contributed by atoms with Crippen LogP contribution in [0.15, 0.2) is 18.2 Å². The molecule has 2 bridgehead atoms. The molecule has 0 heterocycles. The Morgan fingerprint density at radius 2 is 1.74 bits per heavy atom. The van der Waals surface area contributed by atoms with E-state index in [0.29, 0.717) is 61.1 Å². The molecule has 0 unspecified atom stereocenters. The molecule has 4 saturated carbocycles. The fourth-order valence-electron chi connectivity index (χ4n) is 7.17. The number of ether oxygens (including phenoxy) is 2. The van der Waals surface area contributed by atoms with Crippen molar-refractivity contribution in [2.24, 2.45) is 28.6 Å². The molecule has 208 valence electrons. The fourth-order valence-corrected chi connectivity index (χ4v) is 7.17. The van der Waals surface area contributed by atoms with E-state index in [1.165, 1.54) is 13.5 Å². The summed E-state index contributed by atoms with van der Waals surface area (Å²) in [4.78, 5) is 38.4. The zero-order chi connectivity index (χ0) is 27.1. The van der Waals surface area contributed by atoms with Gasteiger partial charge in [0.05, 0.1) is 30.1 Å². The summed E-state index contributed by atoms with van der Waals surface area (Å²) in [6.45, 7) is 4.73. The SMILES string of the molecule is COc1ccc(OC2CCC(C)(C(=O)O)CC2)cc1C(=O)N[C@@H]1[C@H]2CC[C@H](C2)[C@@H]1C(=O)NCC1(C)CCC1. The first kappa shape index (κ1) is 26.8. The molecule has 0 aliphatic heterocycles. The maximum Gasteiger partial charge on any atom is 0.309 e. The van der Waals surface area contributed by atoms with Gasteiger partial charge in [0.1, 0.15) is 11.5 Å². The quantitative estimate of drug-likeness (QED) is 0.435. The van der Waals surface area contributed by atoms with Crippen molar-refractivity contribution in [3.8, 4) is 11.5 Å². The number of carbonyl (C=O) groups is 3. The normalized spacial score (nSPS) is 33.2. The van der Waals surface area contributed by atoms with Gasteiger partial charge in [-0.25, -0.2) is 0 Å². The van der Waals surface area contributed by atoms with Crippen LogP contribution in [0.2, 0.25) is 0 Å². The van der Waals surface area contributed by atoms with Crippen molar-refractivity contribution < 1.29 is 29.0 Å². The number of aliphatic carboxylic acids is 1. The molecule has 3 N–H and O–H groups in total. The summed E-state index contributed by atoms with van der Waals surface area (Å²) in [6.07, 6.45) is 8.92. The summed E-state index contributed by atoms with van der Waals surface area (Å²) in [5.74, 6) is 0.520. The number of nitrogens with one attached hydrogen (secondary N) is 2. The molecule has 0 saturated heterocycles. The van der Waals surface area contributed by atoms with E-state index in [-0.39, 0.29) is 35.3 Å². The van der Waals surface area contributed by atoms with Gasteiger partial charge >= 0.3 is 5.97 Å². The molecule has 4 aliphatic carbocycles. The second kappa shape index (κ2) is 10.4. The number of carboxylic acids is 1. The highest BCUT2D eigenvalue weighted by molar-refractivity contribution is 5.98. The molecule has 5 rings (SSSR count). The van der Waals surface area contributed by atoms with Crippen LogP contribution in [0.25, 0.3) is 0 Å². The van der Waals surface area contributed by atoms with Crippen LogP contribution in [-0.4, -0.2) is 48.7 Å². The molecule has 1 aromatic carbocycles. The van der Waals surface area contributed by atoms with Crippen LogP contribution in [0.1, 0.15) is 88.4 Å². The van der Waals surface area contributed by atoms with E-state index in [1.54, 1.807) is 25.1 Å². The predicted octanol–water partition coefficient (Wildman–Crippen LogP) is 4.56. The summed E-state index contributed by atoms with van der Waals surface area (Å²) in [6, 6.07) is 5.05. The summed E-state index contributed by atoms with van der Waals surface area (Å²) in [5.41, 5.74) is -0.103. The van der Waals surface area contributed by atoms with Gasteiger partial charge in [0.15, 0.2) is 0 Å². The zero-order valence-electron chi connectivity index (χ0n) is 22.9. The standard InChI is InChI=1S/C30H42N2O6/c1-29(11-4-12-29)17-31-27(34)24-18-5-6-19(15-18)25(24)32-26(33)22-16-21(7-8-23(22)37-3)38-20-9-13-30(2,14-10-20)28(35)36/h7-8,16,18-20,24-25H,4-6,9-15,17H2,1-3H3,(H,31,34)(H,32,33)(H,35,36)/t18-,19+,20?,24+,25-,30?/m1/s1. The Hall–Kier alpha value is -2.77. The fraction of sp³-hybridized carbons (Fsp3) is 0.700. The van der Waals surface area contributed by atoms with Crippen LogP contribution in [0.4, 0.5) is 0 Å². The number of hydrogen-bond acceptors (Lipinski definition) is 5. The maximum absolute atomic E-state index is 13.6. The van der Waals surface area contributed by atoms with Crippen molar-refractivity contribution in [2.75, 3.05) is 13.7 Å². The van der Waals surface area contributed by atoms with Gasteiger partial charge in [-0.15, -0.1) is 0 Å². The number of methoxy groups -OCH3 is 1. The monoisotopic (exact) mass is 526 g/mol. The molecule has 4 fully saturated rings. The van der Waals surface area contributed by atoms with Gasteiger partial charge in [0.2, 0.25) is 5.91 Å². The van der Waals surface area contributed by atoms with Crippen LogP contribution in [0.5, 0.6) is 11.5 Å². The van der Waals surface area contributed by atoms with Gasteiger partial charge < -0.3 is 25.2 Å². The lowest BCUT2D eigenvalue weighted by Crippen LogP contribution is -2.51. The van der Waals surface area contributed by atoms with E-state index in [0.717, 1.165) is 32.1 Å². The van der Waals surface area contributed by atoms with Crippen LogP contribution in [-0.2, 0) is 9.59 Å². The zero-order valence-corrected chi connectivity index (χ0v) is 22.9. The molecule has 0 radical (unpaired) electrons. The third-order valence-electron chi connectivity index (χ3n) is 10.0. The topological polar surface area (TPSA) is 114 Å². The predicted molar refractivity (Wildman–Crippen MR) is 142 cm³/mol. The lowest BCUT2D eigenvalue weighted by atomic mass is 9.70. The Labute approximate surface area is 225 Å². The first-order chi connectivity index (χ1) is 18.1. The first-order valence-corrected chi connectivity index (χ1v) is 14.3. The third kappa shape index (κ3) is 5.23. The molecule has 4 aliphatic rings. The van der Waals surface area contributed by atoms with Crippen molar-refractivity contribution in [1.29, 1.82) is 0 Å². The highest BCUT2D eigenvalue weighted by Crippen LogP contribution is 2.49. The second-order valence-corrected chi connectivity index (χ2v) is 12.8. The lowest BCUT2D eigenvalue weighted by Gasteiger charge is -2.39. The summed E-state index contributed by atoms with van der Waals surface area (Å²) in [7, 11) is 1.54. The van der Waals surface area contributed by atoms with E-state index in [4.69, 9.17) is 9.47 Å². The molecule has 8 nitrogen and oxygen atoms in total. The van der Waals surface area contributed by atoms with Crippen molar-refractivity contribution in [1.82, 2.24) is 10.6 Å². The molecule has 0 spiro atoms. The van der Waals surface area contributed by atoms with Crippen molar-refractivity contribution in [3.63, 3.8) is 0 Å². The van der Waals surface area contributed by atoms with Crippen molar-refractivity contribution >= 4 is 17.8 Å². The van der Waals surface area contributed by atoms with Gasteiger partial charge in [0.25, 0.3) is 5.91 Å². The molecule has 1 aromatic rings. The smallest absolute Gasteiger partial charge is 0.309 e. The molecular weight excluding hydrogens is 484 g/mol. The molecule has 4 atom stereocenters. The van der Waals surface area contributed by atoms with E-state index in [1.807, 2.05) is 0 Å². The maximum atomic E-state index is 13.6. The van der Waals surface area contributed by atoms with Crippen molar-refractivity contribution in [2.45, 2.75) is 90.2 Å². The van der Waals surface area contributed by atoms with Gasteiger partial charge in [-0.1, -0.05) is 13.3 Å². The highest BCUT2D eigenvalue weighted by atomic mass is 16.5. The minimum absolute atomic E-state index is 0.0744. The van der Waals surface area contributed by atoms with E-state index in [9.17, 15) is 19.5 Å². The molecule has 0 aromatic heterocycles. The number of benzene rings is 1. The van der Waals surface area contributed by atoms with Crippen LogP contribution in [0, 0.1) is 28.6 Å². The molecule has 8 heteroatoms. The third-order valence-corrected chi connectivity index (χ3v) is 10.0. The van der Waals surface area contributed by atoms with Crippen LogP contribution >= 0.6 is 0 Å². The van der Waals surface area contributed by atoms with Gasteiger partial charge in [-0.2, -0.15) is 0 Å². The molecular formula is C30H42N2O6. The summed E-state index contributed by atoms with van der Waals surface area (Å²) >= 11 is 0. The highest BCUT2D eigenvalue weighted by Gasteiger charge is 2.51. The van der Waals surface area contributed by atoms with Gasteiger partial charge in [0, 0.05) is 12.6 Å². The Bertz CT molecular complexity index is 1070. The number of carboxylic acid groups (broad SMARTS) is 1. The van der Waals surface area contributed by atoms with Crippen molar-refractivity contribution in [3.05, 3.63) is 23.8 Å². The minimum atomic E-state index is -0.760. The number of fused-ring (bicyclic) bond motifs is 2. The van der Waals surface area contributed by atoms with Gasteiger partial charge in [-0.3, -0.25) is 14.4 Å². The Morgan fingerprint density at radius 3 is 2.37 bits per heavy atom. The lowest BCUT2D eigenvalue weighted by molar-refractivity contribution is -0.150. The average molecular weight is 527 g/mol. The first-order valence-electron chi connectivity index (χ1n) is 14.3. The Kier molecular flexibility index (Phi) is 7.35. The summed E-state index contributed by atoms with van der Waals surface area (Å²) < 4.78 is 11.7. The Morgan fingerprint density at radius 1 is 1.03 bits per heavy atom. The minimum Gasteiger partial charge on any atom is -0.496 e. The van der Waals surface area contributed by atoms with Crippen LogP contribution in [0.3, 0.4) is 0 Å². The second-order valence-electron chi connectivity index (χ2n) is 12.8. The largest absolute Gasteiger partial charge is 0.496 e. The molecule has 2 amide bonds. The summed E-state index contributed by atoms with van der Waals surface area (Å²) in [5, 5.41) is 15.9. The number of carbonyl (C=O) groups excluding carboxylic acids is 2. The van der Waals surface area contributed by atoms with Gasteiger partial charge in [-0.05, 0) is 100 Å². The molecule has 38 heavy (non-hydrogen) atoms. The van der Waals surface area contributed by atoms with E-state index >= 15 is 0 Å². The average Bonchev–Trinajstić information content (AvgIpc) is 3.49. The number of amides is 2. The number of hydrogen-bond donors (Lipinski definition) is 3. The Balaban J connectivity index is 1.25. The van der Waals surface area contributed by atoms with E-state index < -0.39 is 11.4 Å².